The number of benzene rings is 1. The van der Waals surface area contributed by atoms with Gasteiger partial charge in [-0.25, -0.2) is 0 Å². The molecular formula is C11H14FmNO3-. The number of aliphatic carboxylic acids is 1. The molecule has 0 spiro atoms. The molecule has 0 aliphatic heterocycles. The van der Waals surface area contributed by atoms with E-state index in [1.54, 1.807) is 0 Å². The summed E-state index contributed by atoms with van der Waals surface area (Å²) in [5, 5.41) is 7.99. The largest absolute Gasteiger partial charge is 0.520 e. The zero-order chi connectivity index (χ0) is 11.7. The van der Waals surface area contributed by atoms with Crippen LogP contribution in [0.5, 0.6) is 0 Å². The Labute approximate surface area is 89.1 Å². The first-order valence-electron chi connectivity index (χ1n) is 4.38. The summed E-state index contributed by atoms with van der Waals surface area (Å²) in [5.74, 6) is -1.03. The van der Waals surface area contributed by atoms with Crippen LogP contribution in [0.1, 0.15) is 5.56 Å². The summed E-state index contributed by atoms with van der Waals surface area (Å²) < 4.78 is 0. The average molecular weight is 465 g/mol. The van der Waals surface area contributed by atoms with Crippen LogP contribution in [0.4, 0.5) is 0 Å². The summed E-state index contributed by atoms with van der Waals surface area (Å²) in [6.45, 7) is 1.80. The van der Waals surface area contributed by atoms with E-state index >= 15 is 0 Å². The molecule has 5 heteroatoms. The third kappa shape index (κ3) is 9.25. The van der Waals surface area contributed by atoms with E-state index in [-0.39, 0.29) is 6.54 Å². The van der Waals surface area contributed by atoms with Crippen molar-refractivity contribution < 1.29 is 14.7 Å². The van der Waals surface area contributed by atoms with Crippen molar-refractivity contribution in [3.63, 3.8) is 0 Å². The van der Waals surface area contributed by atoms with Crippen molar-refractivity contribution >= 4 is 12.4 Å². The number of carboxylic acids is 1. The fourth-order valence-corrected chi connectivity index (χ4v) is 0.770. The van der Waals surface area contributed by atoms with E-state index in [1.807, 2.05) is 18.2 Å². The molecule has 94 valence electrons. The molecule has 0 unspecified atom stereocenters. The Morgan fingerprint density at radius 3 is 2.06 bits per heavy atom. The Balaban J connectivity index is 0. The van der Waals surface area contributed by atoms with Crippen LogP contribution in [-0.2, 0) is 9.59 Å². The first-order chi connectivity index (χ1) is 7.06. The second-order valence-corrected chi connectivity index (χ2v) is 3.00. The van der Waals surface area contributed by atoms with Gasteiger partial charge in [-0.1, -0.05) is 35.9 Å². The number of rotatable bonds is 3. The Morgan fingerprint density at radius 1 is 1.38 bits per heavy atom. The second-order valence-electron chi connectivity index (χ2n) is 3.00. The van der Waals surface area contributed by atoms with Crippen molar-refractivity contribution in [1.29, 1.82) is 0 Å². The minimum absolute atomic E-state index is 0. The summed E-state index contributed by atoms with van der Waals surface area (Å²) in [6.07, 6.45) is 1.40. The molecule has 1 aromatic rings. The van der Waals surface area contributed by atoms with Gasteiger partial charge in [0, 0.05) is 0 Å². The maximum absolute atomic E-state index is 9.75. The van der Waals surface area contributed by atoms with E-state index in [0.29, 0.717) is 0 Å². The number of carboxylic acid groups (broad SMARTS) is 1. The molecule has 0 fully saturated rings. The molecule has 1 aromatic carbocycles. The normalized spacial score (nSPS) is 7.88. The van der Waals surface area contributed by atoms with E-state index in [4.69, 9.17) is 5.11 Å². The zero-order valence-electron chi connectivity index (χ0n) is 9.09. The van der Waals surface area contributed by atoms with E-state index in [0.717, 1.165) is 4.90 Å². The molecule has 0 aliphatic rings. The predicted octanol–water partition coefficient (Wildman–Crippen LogP) is 1.07. The maximum atomic E-state index is 9.75. The standard InChI is InChI=1S/C7H8.C4H6NO3.Fm/c1-7-5-3-2-4-6-7;1-5(3-6)2-4(7)8;/h2-6H,1H3;2H2,1H3,(H,7,8);/q;-1;. The Morgan fingerprint density at radius 2 is 1.88 bits per heavy atom. The van der Waals surface area contributed by atoms with Crippen molar-refractivity contribution in [1.82, 2.24) is 4.90 Å². The van der Waals surface area contributed by atoms with Crippen molar-refractivity contribution in [3.05, 3.63) is 35.9 Å². The van der Waals surface area contributed by atoms with E-state index < -0.39 is 5.97 Å². The van der Waals surface area contributed by atoms with E-state index in [2.05, 4.69) is 19.1 Å². The second kappa shape index (κ2) is 8.74. The molecule has 4 nitrogen and oxygen atoms in total. The van der Waals surface area contributed by atoms with Gasteiger partial charge in [0.1, 0.15) is 0 Å². The number of nitrogens with zero attached hydrogens (tertiary/aromatic N) is 1. The first-order valence-corrected chi connectivity index (χ1v) is 4.38. The summed E-state index contributed by atoms with van der Waals surface area (Å²) in [5.41, 5.74) is 1.32. The molecule has 0 saturated carbocycles. The molecule has 0 radical (unpaired) electrons. The number of hydrogen-bond acceptors (Lipinski definition) is 2. The molecule has 1 rings (SSSR count). The van der Waals surface area contributed by atoms with Crippen molar-refractivity contribution in [2.75, 3.05) is 13.6 Å². The van der Waals surface area contributed by atoms with Crippen molar-refractivity contribution in [2.45, 2.75) is 6.92 Å². The van der Waals surface area contributed by atoms with Gasteiger partial charge < -0.3 is 14.8 Å². The molecule has 0 saturated heterocycles. The number of carbonyl (C=O) groups excluding carboxylic acids is 1. The van der Waals surface area contributed by atoms with Crippen LogP contribution in [0.25, 0.3) is 0 Å². The van der Waals surface area contributed by atoms with Gasteiger partial charge in [0.2, 0.25) is 0 Å². The van der Waals surface area contributed by atoms with Crippen LogP contribution in [0.3, 0.4) is 0 Å². The molecule has 1 amide bonds. The SMILES string of the molecule is CN([C-]=O)CC(=O)O.Cc1ccccc1.[Fm]. The van der Waals surface area contributed by atoms with Crippen LogP contribution < -0.4 is 0 Å². The van der Waals surface area contributed by atoms with Gasteiger partial charge >= 0.3 is 5.97 Å². The fraction of sp³-hybridized carbons (Fsp3) is 0.273. The van der Waals surface area contributed by atoms with Gasteiger partial charge in [0.15, 0.2) is 0 Å². The third-order valence-electron chi connectivity index (χ3n) is 1.47. The molecule has 0 aliphatic carbocycles. The number of carbonyl (C=O) groups is 1. The van der Waals surface area contributed by atoms with E-state index in [1.165, 1.54) is 19.0 Å². The topological polar surface area (TPSA) is 57.6 Å². The van der Waals surface area contributed by atoms with Crippen LogP contribution in [0.2, 0.25) is 0 Å². The summed E-state index contributed by atoms with van der Waals surface area (Å²) in [6, 6.07) is 10.3. The van der Waals surface area contributed by atoms with Crippen LogP contribution in [0.15, 0.2) is 30.3 Å². The van der Waals surface area contributed by atoms with Gasteiger partial charge in [-0.2, -0.15) is 6.41 Å². The first kappa shape index (κ1) is 15.6. The van der Waals surface area contributed by atoms with Crippen LogP contribution >= 0.6 is 0 Å². The molecule has 0 bridgehead atoms. The monoisotopic (exact) mass is 465 g/mol. The minimum Gasteiger partial charge on any atom is -0.520 e. The fourth-order valence-electron chi connectivity index (χ4n) is 0.770. The van der Waals surface area contributed by atoms with Gasteiger partial charge in [0.25, 0.3) is 0 Å². The van der Waals surface area contributed by atoms with Gasteiger partial charge in [-0.3, -0.25) is 4.79 Å². The molecule has 0 atom stereocenters. The van der Waals surface area contributed by atoms with Crippen LogP contribution in [0, 0.1) is 6.92 Å². The van der Waals surface area contributed by atoms with Gasteiger partial charge in [0.05, 0.1) is 6.54 Å². The minimum atomic E-state index is -1.03. The van der Waals surface area contributed by atoms with Gasteiger partial charge in [-0.15, -0.1) is 0 Å². The number of aryl methyl sites for hydroxylation is 1. The third-order valence-corrected chi connectivity index (χ3v) is 1.47. The summed E-state index contributed by atoms with van der Waals surface area (Å²) >= 11 is 0. The number of amides is 1. The molecular weight excluding hydrogens is 451 g/mol. The Bertz CT molecular complexity index is 303. The smallest absolute Gasteiger partial charge is 0.320 e. The Hall–Kier alpha value is -2.84. The molecule has 16 heavy (non-hydrogen) atoms. The summed E-state index contributed by atoms with van der Waals surface area (Å²) in [4.78, 5) is 20.2. The maximum Gasteiger partial charge on any atom is 0.320 e. The number of likely N-dealkylation sites (N-methyl/N-ethyl adjacent to an activating group) is 1. The molecule has 1 N–H and O–H groups in total. The quantitative estimate of drug-likeness (QED) is 0.537. The number of hydrogen-bond donors (Lipinski definition) is 1. The predicted molar refractivity (Wildman–Crippen MR) is 57.1 cm³/mol. The van der Waals surface area contributed by atoms with Gasteiger partial charge in [-0.05, 0) is 14.0 Å². The van der Waals surface area contributed by atoms with E-state index in [9.17, 15) is 9.59 Å². The Kier molecular flexibility index (Phi) is 8.54. The van der Waals surface area contributed by atoms with Crippen molar-refractivity contribution in [2.24, 2.45) is 0 Å². The zero-order valence-corrected chi connectivity index (χ0v) is 11.5. The van der Waals surface area contributed by atoms with Crippen molar-refractivity contribution in [3.8, 4) is 0 Å². The summed E-state index contributed by atoms with van der Waals surface area (Å²) in [7, 11) is 1.35. The molecule has 0 heterocycles. The average Bonchev–Trinajstić information content (AvgIpc) is 2.19. The molecule has 0 aromatic heterocycles. The van der Waals surface area contributed by atoms with Crippen LogP contribution in [-0.4, -0.2) is 36.0 Å².